The number of imide groups is 1. The summed E-state index contributed by atoms with van der Waals surface area (Å²) in [7, 11) is 1.44. The molecule has 0 saturated carbocycles. The summed E-state index contributed by atoms with van der Waals surface area (Å²) in [5, 5.41) is 2.51. The van der Waals surface area contributed by atoms with Gasteiger partial charge in [-0.2, -0.15) is 0 Å². The molecule has 2 atom stereocenters. The van der Waals surface area contributed by atoms with Gasteiger partial charge in [-0.15, -0.1) is 0 Å². The van der Waals surface area contributed by atoms with E-state index in [1.807, 2.05) is 13.8 Å². The summed E-state index contributed by atoms with van der Waals surface area (Å²) < 4.78 is 8.90. The third kappa shape index (κ3) is 8.60. The van der Waals surface area contributed by atoms with Crippen molar-refractivity contribution in [3.63, 3.8) is 0 Å². The number of amides is 3. The molecule has 10 heteroatoms. The molecule has 0 aliphatic carbocycles. The van der Waals surface area contributed by atoms with Crippen molar-refractivity contribution in [3.05, 3.63) is 11.8 Å². The van der Waals surface area contributed by atoms with E-state index in [0.29, 0.717) is 12.2 Å². The van der Waals surface area contributed by atoms with E-state index in [2.05, 4.69) is 5.32 Å². The first kappa shape index (κ1) is 25.9. The van der Waals surface area contributed by atoms with E-state index in [-0.39, 0.29) is 18.8 Å². The molecular formula is C19H29Cl3N2O5. The number of rotatable bonds is 7. The molecule has 3 amide bonds. The SMILES string of the molecule is COC1=CC(=O)N(C(=O)[C@H](CCC(Cl)(Cl)Cl)NC(=O)OC(C)(C)C)[C@H]1CC(C)C. The second-order valence-electron chi connectivity index (χ2n) is 8.30. The number of methoxy groups -OCH3 is 1. The molecule has 0 spiro atoms. The third-order valence-electron chi connectivity index (χ3n) is 4.02. The Hall–Kier alpha value is -1.18. The Morgan fingerprint density at radius 1 is 1.24 bits per heavy atom. The fraction of sp³-hybridized carbons (Fsp3) is 0.737. The number of nitrogens with zero attached hydrogens (tertiary/aromatic N) is 1. The van der Waals surface area contributed by atoms with Gasteiger partial charge in [0.2, 0.25) is 0 Å². The van der Waals surface area contributed by atoms with Gasteiger partial charge < -0.3 is 14.8 Å². The van der Waals surface area contributed by atoms with Gasteiger partial charge >= 0.3 is 6.09 Å². The fourth-order valence-corrected chi connectivity index (χ4v) is 3.20. The van der Waals surface area contributed by atoms with Crippen LogP contribution in [-0.4, -0.2) is 51.4 Å². The van der Waals surface area contributed by atoms with Gasteiger partial charge in [0.1, 0.15) is 17.4 Å². The molecular weight excluding hydrogens is 443 g/mol. The Morgan fingerprint density at radius 3 is 2.28 bits per heavy atom. The van der Waals surface area contributed by atoms with Crippen LogP contribution in [0.4, 0.5) is 4.79 Å². The number of ether oxygens (including phenoxy) is 2. The molecule has 0 fully saturated rings. The number of alkyl halides is 3. The molecule has 0 aromatic heterocycles. The van der Waals surface area contributed by atoms with Gasteiger partial charge in [-0.05, 0) is 46.0 Å². The maximum Gasteiger partial charge on any atom is 0.408 e. The van der Waals surface area contributed by atoms with Crippen LogP contribution >= 0.6 is 34.8 Å². The number of alkyl carbamates (subject to hydrolysis) is 1. The average Bonchev–Trinajstić information content (AvgIpc) is 2.83. The minimum Gasteiger partial charge on any atom is -0.499 e. The summed E-state index contributed by atoms with van der Waals surface area (Å²) in [6, 6.07) is -1.67. The van der Waals surface area contributed by atoms with Gasteiger partial charge in [0.05, 0.1) is 13.2 Å². The monoisotopic (exact) mass is 470 g/mol. The van der Waals surface area contributed by atoms with Gasteiger partial charge in [0, 0.05) is 6.08 Å². The van der Waals surface area contributed by atoms with E-state index in [0.717, 1.165) is 4.90 Å². The number of halogens is 3. The van der Waals surface area contributed by atoms with Gasteiger partial charge in [-0.25, -0.2) is 4.79 Å². The normalized spacial score (nSPS) is 18.6. The van der Waals surface area contributed by atoms with E-state index >= 15 is 0 Å². The minimum absolute atomic E-state index is 0.00862. The van der Waals surface area contributed by atoms with E-state index in [1.165, 1.54) is 13.2 Å². The average molecular weight is 472 g/mol. The predicted octanol–water partition coefficient (Wildman–Crippen LogP) is 4.34. The van der Waals surface area contributed by atoms with Crippen molar-refractivity contribution in [3.8, 4) is 0 Å². The third-order valence-corrected chi connectivity index (χ3v) is 4.58. The fourth-order valence-electron chi connectivity index (χ4n) is 2.88. The van der Waals surface area contributed by atoms with Gasteiger partial charge in [-0.3, -0.25) is 14.5 Å². The lowest BCUT2D eigenvalue weighted by atomic mass is 10.0. The summed E-state index contributed by atoms with van der Waals surface area (Å²) in [5.41, 5.74) is -0.763. The summed E-state index contributed by atoms with van der Waals surface area (Å²) >= 11 is 17.5. The van der Waals surface area contributed by atoms with Crippen molar-refractivity contribution in [1.82, 2.24) is 10.2 Å². The molecule has 0 aromatic carbocycles. The summed E-state index contributed by atoms with van der Waals surface area (Å²) in [6.07, 6.45) is 0.998. The molecule has 0 aromatic rings. The van der Waals surface area contributed by atoms with E-state index in [1.54, 1.807) is 20.8 Å². The number of hydrogen-bond donors (Lipinski definition) is 1. The maximum atomic E-state index is 13.2. The van der Waals surface area contributed by atoms with Crippen LogP contribution in [-0.2, 0) is 19.1 Å². The Morgan fingerprint density at radius 2 is 1.83 bits per heavy atom. The molecule has 1 aliphatic heterocycles. The lowest BCUT2D eigenvalue weighted by molar-refractivity contribution is -0.145. The van der Waals surface area contributed by atoms with Crippen molar-refractivity contribution < 1.29 is 23.9 Å². The molecule has 1 aliphatic rings. The minimum atomic E-state index is -1.61. The van der Waals surface area contributed by atoms with E-state index in [4.69, 9.17) is 44.3 Å². The van der Waals surface area contributed by atoms with Gasteiger partial charge in [-0.1, -0.05) is 48.7 Å². The summed E-state index contributed by atoms with van der Waals surface area (Å²) in [4.78, 5) is 39.1. The smallest absolute Gasteiger partial charge is 0.408 e. The molecule has 0 unspecified atom stereocenters. The van der Waals surface area contributed by atoms with Crippen LogP contribution in [0.1, 0.15) is 53.9 Å². The molecule has 7 nitrogen and oxygen atoms in total. The highest BCUT2D eigenvalue weighted by Gasteiger charge is 2.42. The maximum absolute atomic E-state index is 13.2. The number of carbonyl (C=O) groups excluding carboxylic acids is 3. The number of carbonyl (C=O) groups is 3. The first-order valence-electron chi connectivity index (χ1n) is 9.33. The van der Waals surface area contributed by atoms with Crippen LogP contribution in [0.25, 0.3) is 0 Å². The zero-order valence-corrected chi connectivity index (χ0v) is 19.8. The van der Waals surface area contributed by atoms with Crippen LogP contribution in [0.2, 0.25) is 0 Å². The topological polar surface area (TPSA) is 84.9 Å². The quantitative estimate of drug-likeness (QED) is 0.558. The molecule has 0 saturated heterocycles. The van der Waals surface area contributed by atoms with Crippen LogP contribution in [0.3, 0.4) is 0 Å². The standard InChI is InChI=1S/C19H29Cl3N2O5/c1-11(2)9-13-14(28-6)10-15(25)24(13)16(26)12(7-8-19(20,21)22)23-17(27)29-18(3,4)5/h10-13H,7-9H2,1-6H3,(H,23,27)/t12-,13-/m0/s1. The zero-order chi connectivity index (χ0) is 22.6. The molecule has 1 rings (SSSR count). The second-order valence-corrected chi connectivity index (χ2v) is 10.8. The van der Waals surface area contributed by atoms with Crippen LogP contribution in [0.15, 0.2) is 11.8 Å². The van der Waals surface area contributed by atoms with Crippen molar-refractivity contribution in [2.45, 2.75) is 75.4 Å². The summed E-state index contributed by atoms with van der Waals surface area (Å²) in [6.45, 7) is 9.03. The Balaban J connectivity index is 3.10. The molecule has 1 N–H and O–H groups in total. The highest BCUT2D eigenvalue weighted by Crippen LogP contribution is 2.33. The Kier molecular flexibility index (Phi) is 9.12. The van der Waals surface area contributed by atoms with Crippen LogP contribution < -0.4 is 5.32 Å². The highest BCUT2D eigenvalue weighted by atomic mass is 35.6. The van der Waals surface area contributed by atoms with Crippen LogP contribution in [0.5, 0.6) is 0 Å². The lowest BCUT2D eigenvalue weighted by Gasteiger charge is -2.30. The van der Waals surface area contributed by atoms with Gasteiger partial charge in [0.15, 0.2) is 3.79 Å². The molecule has 0 bridgehead atoms. The Labute approximate surface area is 187 Å². The zero-order valence-electron chi connectivity index (χ0n) is 17.6. The largest absolute Gasteiger partial charge is 0.499 e. The first-order valence-corrected chi connectivity index (χ1v) is 10.5. The predicted molar refractivity (Wildman–Crippen MR) is 113 cm³/mol. The van der Waals surface area contributed by atoms with Crippen molar-refractivity contribution in [1.29, 1.82) is 0 Å². The highest BCUT2D eigenvalue weighted by molar-refractivity contribution is 6.67. The molecule has 166 valence electrons. The first-order chi connectivity index (χ1) is 13.1. The lowest BCUT2D eigenvalue weighted by Crippen LogP contribution is -2.53. The van der Waals surface area contributed by atoms with E-state index in [9.17, 15) is 14.4 Å². The van der Waals surface area contributed by atoms with Crippen molar-refractivity contribution in [2.75, 3.05) is 7.11 Å². The van der Waals surface area contributed by atoms with Crippen molar-refractivity contribution >= 4 is 52.7 Å². The van der Waals surface area contributed by atoms with E-state index < -0.39 is 39.4 Å². The van der Waals surface area contributed by atoms with Gasteiger partial charge in [0.25, 0.3) is 11.8 Å². The van der Waals surface area contributed by atoms with Crippen LogP contribution in [0, 0.1) is 5.92 Å². The second kappa shape index (κ2) is 10.2. The molecule has 0 radical (unpaired) electrons. The summed E-state index contributed by atoms with van der Waals surface area (Å²) in [5.74, 6) is -0.529. The Bertz CT molecular complexity index is 653. The molecule has 1 heterocycles. The number of nitrogens with one attached hydrogen (secondary N) is 1. The van der Waals surface area contributed by atoms with Crippen molar-refractivity contribution in [2.24, 2.45) is 5.92 Å². The number of hydrogen-bond acceptors (Lipinski definition) is 5. The molecule has 29 heavy (non-hydrogen) atoms.